The van der Waals surface area contributed by atoms with Gasteiger partial charge in [0.15, 0.2) is 5.96 Å². The normalized spacial score (nSPS) is 12.1. The maximum Gasteiger partial charge on any atom is 0.191 e. The van der Waals surface area contributed by atoms with Gasteiger partial charge < -0.3 is 20.1 Å². The molecule has 0 aliphatic carbocycles. The van der Waals surface area contributed by atoms with Crippen molar-refractivity contribution < 1.29 is 9.47 Å². The van der Waals surface area contributed by atoms with E-state index in [0.717, 1.165) is 23.8 Å². The van der Waals surface area contributed by atoms with Crippen LogP contribution in [0.25, 0.3) is 0 Å². The molecule has 21 heavy (non-hydrogen) atoms. The van der Waals surface area contributed by atoms with Crippen LogP contribution < -0.4 is 15.4 Å². The van der Waals surface area contributed by atoms with Crippen LogP contribution >= 0.6 is 0 Å². The van der Waals surface area contributed by atoms with Crippen molar-refractivity contribution in [2.75, 3.05) is 27.3 Å². The first kappa shape index (κ1) is 17.3. The van der Waals surface area contributed by atoms with Crippen LogP contribution in [0.2, 0.25) is 0 Å². The molecule has 0 aromatic heterocycles. The fourth-order valence-corrected chi connectivity index (χ4v) is 1.61. The zero-order valence-corrected chi connectivity index (χ0v) is 13.7. The van der Waals surface area contributed by atoms with Crippen LogP contribution in [-0.2, 0) is 11.3 Å². The molecular weight excluding hydrogens is 266 g/mol. The molecule has 1 aromatic carbocycles. The highest BCUT2D eigenvalue weighted by atomic mass is 16.5. The van der Waals surface area contributed by atoms with Gasteiger partial charge >= 0.3 is 0 Å². The summed E-state index contributed by atoms with van der Waals surface area (Å²) in [6, 6.07) is 7.93. The van der Waals surface area contributed by atoms with Gasteiger partial charge in [-0.15, -0.1) is 0 Å². The molecule has 0 unspecified atom stereocenters. The maximum absolute atomic E-state index is 5.40. The first-order valence-electron chi connectivity index (χ1n) is 7.21. The lowest BCUT2D eigenvalue weighted by molar-refractivity contribution is 0.0268. The summed E-state index contributed by atoms with van der Waals surface area (Å²) in [5.41, 5.74) is 0.912. The number of nitrogens with zero attached hydrogens (tertiary/aromatic N) is 1. The fraction of sp³-hybridized carbons (Fsp3) is 0.562. The van der Waals surface area contributed by atoms with E-state index in [2.05, 4.69) is 15.6 Å². The van der Waals surface area contributed by atoms with E-state index in [0.29, 0.717) is 13.1 Å². The highest BCUT2D eigenvalue weighted by molar-refractivity contribution is 5.79. The fourth-order valence-electron chi connectivity index (χ4n) is 1.61. The topological polar surface area (TPSA) is 54.9 Å². The smallest absolute Gasteiger partial charge is 0.191 e. The Morgan fingerprint density at radius 3 is 2.33 bits per heavy atom. The number of hydrogen-bond acceptors (Lipinski definition) is 3. The van der Waals surface area contributed by atoms with Crippen molar-refractivity contribution in [2.45, 2.75) is 32.9 Å². The maximum atomic E-state index is 5.40. The summed E-state index contributed by atoms with van der Waals surface area (Å²) in [6.45, 7) is 8.25. The van der Waals surface area contributed by atoms with Crippen LogP contribution in [0.5, 0.6) is 5.75 Å². The van der Waals surface area contributed by atoms with E-state index in [1.54, 1.807) is 14.2 Å². The van der Waals surface area contributed by atoms with E-state index in [4.69, 9.17) is 9.47 Å². The van der Waals surface area contributed by atoms with Gasteiger partial charge in [0.25, 0.3) is 0 Å². The Morgan fingerprint density at radius 2 is 1.81 bits per heavy atom. The van der Waals surface area contributed by atoms with Crippen molar-refractivity contribution >= 4 is 5.96 Å². The number of benzene rings is 1. The van der Waals surface area contributed by atoms with E-state index in [-0.39, 0.29) is 5.60 Å². The third-order valence-electron chi connectivity index (χ3n) is 3.16. The average Bonchev–Trinajstić information content (AvgIpc) is 2.50. The predicted molar refractivity (Wildman–Crippen MR) is 86.9 cm³/mol. The number of ether oxygens (including phenoxy) is 2. The van der Waals surface area contributed by atoms with Gasteiger partial charge in [-0.1, -0.05) is 12.1 Å². The molecule has 0 spiro atoms. The molecular formula is C16H27N3O2. The monoisotopic (exact) mass is 293 g/mol. The standard InChI is InChI=1S/C16H27N3O2/c1-6-17-15(19-12-16(2,3)21-5)18-11-13-7-9-14(20-4)10-8-13/h7-10H,6,11-12H2,1-5H3,(H2,17,18,19). The molecule has 0 atom stereocenters. The second-order valence-corrected chi connectivity index (χ2v) is 5.36. The molecule has 1 aromatic rings. The number of nitrogens with one attached hydrogen (secondary N) is 2. The molecule has 0 bridgehead atoms. The Hall–Kier alpha value is -1.75. The van der Waals surface area contributed by atoms with Gasteiger partial charge in [0, 0.05) is 20.2 Å². The highest BCUT2D eigenvalue weighted by Gasteiger charge is 2.16. The first-order valence-corrected chi connectivity index (χ1v) is 7.21. The lowest BCUT2D eigenvalue weighted by Gasteiger charge is -2.24. The Balaban J connectivity index is 2.61. The molecule has 0 heterocycles. The molecule has 118 valence electrons. The van der Waals surface area contributed by atoms with Crippen LogP contribution in [0.1, 0.15) is 26.3 Å². The van der Waals surface area contributed by atoms with Gasteiger partial charge in [-0.2, -0.15) is 0 Å². The zero-order valence-electron chi connectivity index (χ0n) is 13.7. The van der Waals surface area contributed by atoms with Crippen molar-refractivity contribution in [1.82, 2.24) is 10.6 Å². The van der Waals surface area contributed by atoms with Crippen LogP contribution in [-0.4, -0.2) is 38.9 Å². The molecule has 0 saturated carbocycles. The minimum absolute atomic E-state index is 0.226. The Morgan fingerprint density at radius 1 is 1.14 bits per heavy atom. The van der Waals surface area contributed by atoms with Crippen molar-refractivity contribution in [1.29, 1.82) is 0 Å². The molecule has 5 heteroatoms. The molecule has 0 radical (unpaired) electrons. The lowest BCUT2D eigenvalue weighted by atomic mass is 10.1. The summed E-state index contributed by atoms with van der Waals surface area (Å²) < 4.78 is 10.5. The number of aliphatic imine (C=N–C) groups is 1. The van der Waals surface area contributed by atoms with Gasteiger partial charge in [-0.25, -0.2) is 4.99 Å². The van der Waals surface area contributed by atoms with E-state index >= 15 is 0 Å². The third-order valence-corrected chi connectivity index (χ3v) is 3.16. The Kier molecular flexibility index (Phi) is 7.02. The Labute approximate surface area is 127 Å². The highest BCUT2D eigenvalue weighted by Crippen LogP contribution is 2.11. The minimum atomic E-state index is -0.226. The summed E-state index contributed by atoms with van der Waals surface area (Å²) in [5.74, 6) is 1.65. The van der Waals surface area contributed by atoms with Crippen molar-refractivity contribution in [2.24, 2.45) is 4.99 Å². The number of methoxy groups -OCH3 is 2. The summed E-state index contributed by atoms with van der Waals surface area (Å²) in [7, 11) is 3.38. The first-order chi connectivity index (χ1) is 10.0. The summed E-state index contributed by atoms with van der Waals surface area (Å²) >= 11 is 0. The van der Waals surface area contributed by atoms with Crippen molar-refractivity contribution in [3.63, 3.8) is 0 Å². The largest absolute Gasteiger partial charge is 0.497 e. The van der Waals surface area contributed by atoms with Crippen LogP contribution in [0.4, 0.5) is 0 Å². The van der Waals surface area contributed by atoms with Crippen LogP contribution in [0, 0.1) is 0 Å². The number of guanidine groups is 1. The van der Waals surface area contributed by atoms with Crippen molar-refractivity contribution in [3.8, 4) is 5.75 Å². The van der Waals surface area contributed by atoms with Crippen LogP contribution in [0.15, 0.2) is 29.3 Å². The quantitative estimate of drug-likeness (QED) is 0.597. The zero-order chi connectivity index (χ0) is 15.7. The molecule has 0 fully saturated rings. The average molecular weight is 293 g/mol. The second kappa shape index (κ2) is 8.52. The molecule has 2 N–H and O–H groups in total. The van der Waals surface area contributed by atoms with Crippen molar-refractivity contribution in [3.05, 3.63) is 29.8 Å². The molecule has 0 amide bonds. The number of rotatable bonds is 7. The van der Waals surface area contributed by atoms with Gasteiger partial charge in [0.05, 0.1) is 19.3 Å². The Bertz CT molecular complexity index is 441. The number of hydrogen-bond donors (Lipinski definition) is 2. The summed E-state index contributed by atoms with van der Waals surface area (Å²) in [4.78, 5) is 4.57. The second-order valence-electron chi connectivity index (χ2n) is 5.36. The van der Waals surface area contributed by atoms with Gasteiger partial charge in [-0.3, -0.25) is 0 Å². The summed E-state index contributed by atoms with van der Waals surface area (Å²) in [6.07, 6.45) is 0. The molecule has 0 saturated heterocycles. The van der Waals surface area contributed by atoms with E-state index in [1.807, 2.05) is 45.0 Å². The predicted octanol–water partition coefficient (Wildman–Crippen LogP) is 2.18. The summed E-state index contributed by atoms with van der Waals surface area (Å²) in [5, 5.41) is 6.52. The van der Waals surface area contributed by atoms with Gasteiger partial charge in [-0.05, 0) is 38.5 Å². The van der Waals surface area contributed by atoms with E-state index in [9.17, 15) is 0 Å². The minimum Gasteiger partial charge on any atom is -0.497 e. The molecule has 5 nitrogen and oxygen atoms in total. The van der Waals surface area contributed by atoms with E-state index < -0.39 is 0 Å². The molecule has 1 rings (SSSR count). The van der Waals surface area contributed by atoms with Crippen LogP contribution in [0.3, 0.4) is 0 Å². The SMILES string of the molecule is CCNC(=NCc1ccc(OC)cc1)NCC(C)(C)OC. The third kappa shape index (κ3) is 6.49. The van der Waals surface area contributed by atoms with E-state index in [1.165, 1.54) is 0 Å². The van der Waals surface area contributed by atoms with Gasteiger partial charge in [0.2, 0.25) is 0 Å². The molecule has 0 aliphatic rings. The molecule has 0 aliphatic heterocycles. The van der Waals surface area contributed by atoms with Gasteiger partial charge in [0.1, 0.15) is 5.75 Å². The lowest BCUT2D eigenvalue weighted by Crippen LogP contribution is -2.45.